The van der Waals surface area contributed by atoms with Gasteiger partial charge in [0.15, 0.2) is 0 Å². The molecule has 5 rings (SSSR count). The van der Waals surface area contributed by atoms with Crippen LogP contribution in [0.2, 0.25) is 0 Å². The van der Waals surface area contributed by atoms with Crippen molar-refractivity contribution in [2.45, 2.75) is 19.4 Å². The van der Waals surface area contributed by atoms with Gasteiger partial charge in [0.1, 0.15) is 11.5 Å². The second-order valence-electron chi connectivity index (χ2n) is 8.14. The van der Waals surface area contributed by atoms with Crippen LogP contribution < -0.4 is 10.4 Å². The number of nitrogens with zero attached hydrogens (tertiary/aromatic N) is 4. The second kappa shape index (κ2) is 8.43. The number of para-hydroxylation sites is 1. The van der Waals surface area contributed by atoms with Gasteiger partial charge in [0.2, 0.25) is 5.91 Å². The van der Waals surface area contributed by atoms with Crippen LogP contribution in [0.15, 0.2) is 84.4 Å². The van der Waals surface area contributed by atoms with Crippen molar-refractivity contribution in [3.05, 3.63) is 95.7 Å². The molecule has 3 heterocycles. The Hall–Kier alpha value is -4.13. The third kappa shape index (κ3) is 3.71. The fourth-order valence-electron chi connectivity index (χ4n) is 4.41. The number of fused-ring (bicyclic) bond motifs is 1. The predicted octanol–water partition coefficient (Wildman–Crippen LogP) is 4.25. The summed E-state index contributed by atoms with van der Waals surface area (Å²) >= 11 is 0. The number of amides is 1. The normalized spacial score (nSPS) is 15.7. The molecule has 7 heteroatoms. The van der Waals surface area contributed by atoms with Gasteiger partial charge in [-0.3, -0.25) is 18.9 Å². The fraction of sp³-hybridized carbons (Fsp3) is 0.192. The van der Waals surface area contributed by atoms with Crippen molar-refractivity contribution in [3.63, 3.8) is 0 Å². The number of pyridine rings is 1. The minimum Gasteiger partial charge on any atom is -0.457 e. The van der Waals surface area contributed by atoms with E-state index in [-0.39, 0.29) is 17.6 Å². The second-order valence-corrected chi connectivity index (χ2v) is 8.14. The maximum Gasteiger partial charge on any atom is 0.334 e. The van der Waals surface area contributed by atoms with Crippen molar-refractivity contribution >= 4 is 16.9 Å². The summed E-state index contributed by atoms with van der Waals surface area (Å²) in [5.41, 5.74) is 3.15. The number of carbonyl (C=O) groups is 1. The highest BCUT2D eigenvalue weighted by Crippen LogP contribution is 2.28. The SMILES string of the molecule is C=CC(=O)N1CC[C@@H](n2c(=O)n(-c3ccc(Oc4ccccc4C)cc3)c3cnccc32)C1. The highest BCUT2D eigenvalue weighted by atomic mass is 16.5. The van der Waals surface area contributed by atoms with Crippen LogP contribution in [0.3, 0.4) is 0 Å². The molecule has 1 atom stereocenters. The van der Waals surface area contributed by atoms with E-state index >= 15 is 0 Å². The van der Waals surface area contributed by atoms with E-state index < -0.39 is 0 Å². The molecule has 0 spiro atoms. The molecule has 2 aromatic heterocycles. The van der Waals surface area contributed by atoms with Crippen LogP contribution in [-0.2, 0) is 4.79 Å². The number of likely N-dealkylation sites (tertiary alicyclic amines) is 1. The lowest BCUT2D eigenvalue weighted by atomic mass is 10.2. The lowest BCUT2D eigenvalue weighted by molar-refractivity contribution is -0.125. The summed E-state index contributed by atoms with van der Waals surface area (Å²) in [6.45, 7) is 6.65. The summed E-state index contributed by atoms with van der Waals surface area (Å²) < 4.78 is 9.45. The van der Waals surface area contributed by atoms with Crippen LogP contribution in [0.1, 0.15) is 18.0 Å². The van der Waals surface area contributed by atoms with Gasteiger partial charge in [-0.15, -0.1) is 0 Å². The maximum absolute atomic E-state index is 13.6. The molecule has 4 aromatic rings. The largest absolute Gasteiger partial charge is 0.457 e. The van der Waals surface area contributed by atoms with Crippen LogP contribution in [0.25, 0.3) is 16.7 Å². The molecule has 1 aliphatic heterocycles. The van der Waals surface area contributed by atoms with Crippen molar-refractivity contribution in [3.8, 4) is 17.2 Å². The fourth-order valence-corrected chi connectivity index (χ4v) is 4.41. The number of benzene rings is 2. The van der Waals surface area contributed by atoms with Gasteiger partial charge >= 0.3 is 5.69 Å². The van der Waals surface area contributed by atoms with E-state index in [1.807, 2.05) is 61.5 Å². The molecule has 0 radical (unpaired) electrons. The number of hydrogen-bond acceptors (Lipinski definition) is 4. The van der Waals surface area contributed by atoms with E-state index in [2.05, 4.69) is 11.6 Å². The number of rotatable bonds is 5. The molecule has 1 aliphatic rings. The molecule has 33 heavy (non-hydrogen) atoms. The van der Waals surface area contributed by atoms with Gasteiger partial charge in [0.25, 0.3) is 0 Å². The summed E-state index contributed by atoms with van der Waals surface area (Å²) in [4.78, 5) is 31.6. The van der Waals surface area contributed by atoms with Crippen LogP contribution in [-0.4, -0.2) is 38.0 Å². The number of imidazole rings is 1. The maximum atomic E-state index is 13.6. The first-order chi connectivity index (χ1) is 16.1. The first-order valence-electron chi connectivity index (χ1n) is 10.9. The average Bonchev–Trinajstić information content (AvgIpc) is 3.43. The van der Waals surface area contributed by atoms with E-state index in [1.165, 1.54) is 6.08 Å². The van der Waals surface area contributed by atoms with E-state index in [4.69, 9.17) is 4.74 Å². The number of ether oxygens (including phenoxy) is 1. The number of hydrogen-bond donors (Lipinski definition) is 0. The van der Waals surface area contributed by atoms with Gasteiger partial charge < -0.3 is 9.64 Å². The zero-order valence-electron chi connectivity index (χ0n) is 18.3. The third-order valence-corrected chi connectivity index (χ3v) is 6.11. The number of aryl methyl sites for hydroxylation is 1. The van der Waals surface area contributed by atoms with Crippen LogP contribution in [0.4, 0.5) is 0 Å². The highest BCUT2D eigenvalue weighted by Gasteiger charge is 2.29. The molecule has 1 fully saturated rings. The van der Waals surface area contributed by atoms with Crippen LogP contribution in [0, 0.1) is 6.92 Å². The molecular weight excluding hydrogens is 416 g/mol. The van der Waals surface area contributed by atoms with Crippen molar-refractivity contribution in [1.29, 1.82) is 0 Å². The molecule has 166 valence electrons. The van der Waals surface area contributed by atoms with Gasteiger partial charge in [0.05, 0.1) is 29.0 Å². The van der Waals surface area contributed by atoms with E-state index in [0.29, 0.717) is 25.3 Å². The molecule has 1 saturated heterocycles. The van der Waals surface area contributed by atoms with Crippen LogP contribution >= 0.6 is 0 Å². The van der Waals surface area contributed by atoms with E-state index in [9.17, 15) is 9.59 Å². The zero-order valence-corrected chi connectivity index (χ0v) is 18.3. The zero-order chi connectivity index (χ0) is 22.9. The third-order valence-electron chi connectivity index (χ3n) is 6.11. The van der Waals surface area contributed by atoms with Crippen molar-refractivity contribution in [2.24, 2.45) is 0 Å². The predicted molar refractivity (Wildman–Crippen MR) is 127 cm³/mol. The molecule has 0 bridgehead atoms. The Morgan fingerprint density at radius 1 is 1.12 bits per heavy atom. The lowest BCUT2D eigenvalue weighted by Crippen LogP contribution is -2.31. The Balaban J connectivity index is 1.51. The Kier molecular flexibility index (Phi) is 5.30. The average molecular weight is 441 g/mol. The van der Waals surface area contributed by atoms with Crippen molar-refractivity contribution in [2.75, 3.05) is 13.1 Å². The monoisotopic (exact) mass is 440 g/mol. The molecular formula is C26H24N4O3. The Morgan fingerprint density at radius 2 is 1.91 bits per heavy atom. The van der Waals surface area contributed by atoms with Crippen LogP contribution in [0.5, 0.6) is 11.5 Å². The van der Waals surface area contributed by atoms with Gasteiger partial charge in [-0.1, -0.05) is 24.8 Å². The minimum absolute atomic E-state index is 0.101. The van der Waals surface area contributed by atoms with Crippen molar-refractivity contribution in [1.82, 2.24) is 19.0 Å². The summed E-state index contributed by atoms with van der Waals surface area (Å²) in [6.07, 6.45) is 5.42. The van der Waals surface area contributed by atoms with E-state index in [1.54, 1.807) is 26.4 Å². The van der Waals surface area contributed by atoms with Gasteiger partial charge in [0, 0.05) is 19.3 Å². The van der Waals surface area contributed by atoms with Gasteiger partial charge in [-0.05, 0) is 61.4 Å². The highest BCUT2D eigenvalue weighted by molar-refractivity contribution is 5.87. The number of aromatic nitrogens is 3. The molecule has 7 nitrogen and oxygen atoms in total. The quantitative estimate of drug-likeness (QED) is 0.435. The molecule has 2 aromatic carbocycles. The topological polar surface area (TPSA) is 69.4 Å². The molecule has 0 saturated carbocycles. The van der Waals surface area contributed by atoms with Crippen molar-refractivity contribution < 1.29 is 9.53 Å². The van der Waals surface area contributed by atoms with Gasteiger partial charge in [-0.2, -0.15) is 0 Å². The van der Waals surface area contributed by atoms with E-state index in [0.717, 1.165) is 28.0 Å². The first-order valence-corrected chi connectivity index (χ1v) is 10.9. The summed E-state index contributed by atoms with van der Waals surface area (Å²) in [6, 6.07) is 17.0. The summed E-state index contributed by atoms with van der Waals surface area (Å²) in [5, 5.41) is 0. The summed E-state index contributed by atoms with van der Waals surface area (Å²) in [7, 11) is 0. The smallest absolute Gasteiger partial charge is 0.334 e. The van der Waals surface area contributed by atoms with Gasteiger partial charge in [-0.25, -0.2) is 4.79 Å². The Morgan fingerprint density at radius 3 is 2.67 bits per heavy atom. The Bertz CT molecular complexity index is 1400. The number of carbonyl (C=O) groups excluding carboxylic acids is 1. The molecule has 0 N–H and O–H groups in total. The minimum atomic E-state index is -0.150. The Labute approximate surface area is 191 Å². The first kappa shape index (κ1) is 20.8. The molecule has 0 aliphatic carbocycles. The standard InChI is InChI=1S/C26H24N4O3/c1-3-25(31)28-15-13-20(17-28)30-22-12-14-27-16-23(22)29(26(30)32)19-8-10-21(11-9-19)33-24-7-5-4-6-18(24)2/h3-12,14,16,20H,1,13,15,17H2,2H3/t20-/m1/s1. The molecule has 1 amide bonds. The summed E-state index contributed by atoms with van der Waals surface area (Å²) in [5.74, 6) is 1.38. The molecule has 0 unspecified atom stereocenters. The lowest BCUT2D eigenvalue weighted by Gasteiger charge is -2.15.